The Labute approximate surface area is 158 Å². The van der Waals surface area contributed by atoms with Gasteiger partial charge in [0, 0.05) is 38.8 Å². The van der Waals surface area contributed by atoms with Crippen molar-refractivity contribution in [3.05, 3.63) is 53.2 Å². The molecular weight excluding hydrogens is 349 g/mol. The number of halogens is 1. The fourth-order valence-electron chi connectivity index (χ4n) is 2.81. The number of carbonyl (C=O) groups is 1. The molecule has 1 amide bonds. The number of nitrogens with one attached hydrogen (secondary N) is 2. The standard InChI is InChI=1S/C19H24FN5O2/c1-14-23-17(19(26)21-6-7-25-8-10-27-11-9-25)12-18(24-14)22-13-15-2-4-16(20)5-3-15/h2-5,12H,6-11,13H2,1H3,(H,21,26)(H,22,23,24). The van der Waals surface area contributed by atoms with Crippen LogP contribution in [-0.2, 0) is 11.3 Å². The van der Waals surface area contributed by atoms with Crippen molar-refractivity contribution in [1.82, 2.24) is 20.2 Å². The number of aromatic nitrogens is 2. The van der Waals surface area contributed by atoms with Gasteiger partial charge in [-0.15, -0.1) is 0 Å². The molecule has 1 saturated heterocycles. The van der Waals surface area contributed by atoms with Crippen molar-refractivity contribution >= 4 is 11.7 Å². The number of hydrogen-bond acceptors (Lipinski definition) is 6. The third-order valence-electron chi connectivity index (χ3n) is 4.27. The quantitative estimate of drug-likeness (QED) is 0.768. The van der Waals surface area contributed by atoms with Crippen LogP contribution in [0.1, 0.15) is 21.9 Å². The van der Waals surface area contributed by atoms with Crippen molar-refractivity contribution in [3.63, 3.8) is 0 Å². The van der Waals surface area contributed by atoms with Gasteiger partial charge in [0.15, 0.2) is 0 Å². The van der Waals surface area contributed by atoms with Gasteiger partial charge in [-0.05, 0) is 24.6 Å². The van der Waals surface area contributed by atoms with Crippen LogP contribution >= 0.6 is 0 Å². The van der Waals surface area contributed by atoms with E-state index < -0.39 is 0 Å². The van der Waals surface area contributed by atoms with Gasteiger partial charge in [-0.25, -0.2) is 14.4 Å². The van der Waals surface area contributed by atoms with Gasteiger partial charge < -0.3 is 15.4 Å². The van der Waals surface area contributed by atoms with Gasteiger partial charge in [-0.3, -0.25) is 9.69 Å². The number of hydrogen-bond donors (Lipinski definition) is 2. The number of anilines is 1. The molecule has 3 rings (SSSR count). The molecule has 1 aromatic heterocycles. The lowest BCUT2D eigenvalue weighted by Crippen LogP contribution is -2.41. The third kappa shape index (κ3) is 5.97. The van der Waals surface area contributed by atoms with E-state index in [1.165, 1.54) is 12.1 Å². The minimum absolute atomic E-state index is 0.224. The zero-order chi connectivity index (χ0) is 19.1. The molecule has 0 aliphatic carbocycles. The van der Waals surface area contributed by atoms with Crippen LogP contribution < -0.4 is 10.6 Å². The summed E-state index contributed by atoms with van der Waals surface area (Å²) in [6, 6.07) is 7.86. The third-order valence-corrected chi connectivity index (χ3v) is 4.27. The molecule has 0 spiro atoms. The van der Waals surface area contributed by atoms with E-state index >= 15 is 0 Å². The maximum atomic E-state index is 13.0. The summed E-state index contributed by atoms with van der Waals surface area (Å²) in [5.41, 5.74) is 1.25. The maximum absolute atomic E-state index is 13.0. The highest BCUT2D eigenvalue weighted by Gasteiger charge is 2.13. The molecule has 0 radical (unpaired) electrons. The van der Waals surface area contributed by atoms with Crippen molar-refractivity contribution in [3.8, 4) is 0 Å². The highest BCUT2D eigenvalue weighted by molar-refractivity contribution is 5.92. The van der Waals surface area contributed by atoms with Gasteiger partial charge in [0.05, 0.1) is 13.2 Å². The molecule has 2 aromatic rings. The summed E-state index contributed by atoms with van der Waals surface area (Å²) in [6.45, 7) is 6.82. The SMILES string of the molecule is Cc1nc(NCc2ccc(F)cc2)cc(C(=O)NCCN2CCOCC2)n1. The molecule has 1 aromatic carbocycles. The average molecular weight is 373 g/mol. The van der Waals surface area contributed by atoms with Crippen LogP contribution in [0.25, 0.3) is 0 Å². The summed E-state index contributed by atoms with van der Waals surface area (Å²) in [7, 11) is 0. The molecule has 27 heavy (non-hydrogen) atoms. The molecule has 0 bridgehead atoms. The highest BCUT2D eigenvalue weighted by atomic mass is 19.1. The normalized spacial score (nSPS) is 14.7. The predicted octanol–water partition coefficient (Wildman–Crippen LogP) is 1.60. The van der Waals surface area contributed by atoms with Gasteiger partial charge in [-0.1, -0.05) is 12.1 Å². The number of aryl methyl sites for hydroxylation is 1. The van der Waals surface area contributed by atoms with E-state index in [1.54, 1.807) is 25.1 Å². The number of morpholine rings is 1. The Hall–Kier alpha value is -2.58. The van der Waals surface area contributed by atoms with Crippen molar-refractivity contribution < 1.29 is 13.9 Å². The molecule has 7 nitrogen and oxygen atoms in total. The monoisotopic (exact) mass is 373 g/mol. The molecule has 0 atom stereocenters. The predicted molar refractivity (Wildman–Crippen MR) is 100 cm³/mol. The lowest BCUT2D eigenvalue weighted by atomic mass is 10.2. The van der Waals surface area contributed by atoms with Crippen LogP contribution in [0, 0.1) is 12.7 Å². The number of amides is 1. The lowest BCUT2D eigenvalue weighted by Gasteiger charge is -2.26. The number of benzene rings is 1. The molecule has 0 saturated carbocycles. The summed E-state index contributed by atoms with van der Waals surface area (Å²) in [5.74, 6) is 0.578. The smallest absolute Gasteiger partial charge is 0.270 e. The molecule has 2 heterocycles. The van der Waals surface area contributed by atoms with Crippen LogP contribution in [0.2, 0.25) is 0 Å². The Morgan fingerprint density at radius 3 is 2.70 bits per heavy atom. The summed E-state index contributed by atoms with van der Waals surface area (Å²) in [5, 5.41) is 6.05. The maximum Gasteiger partial charge on any atom is 0.270 e. The second-order valence-corrected chi connectivity index (χ2v) is 6.38. The summed E-state index contributed by atoms with van der Waals surface area (Å²) < 4.78 is 18.3. The number of rotatable bonds is 7. The Morgan fingerprint density at radius 1 is 1.22 bits per heavy atom. The fraction of sp³-hybridized carbons (Fsp3) is 0.421. The largest absolute Gasteiger partial charge is 0.379 e. The Bertz CT molecular complexity index is 763. The zero-order valence-corrected chi connectivity index (χ0v) is 15.4. The minimum atomic E-state index is -0.271. The average Bonchev–Trinajstić information content (AvgIpc) is 2.68. The van der Waals surface area contributed by atoms with Gasteiger partial charge in [0.2, 0.25) is 0 Å². The Kier molecular flexibility index (Phi) is 6.67. The molecule has 0 unspecified atom stereocenters. The van der Waals surface area contributed by atoms with E-state index in [9.17, 15) is 9.18 Å². The van der Waals surface area contributed by atoms with Crippen LogP contribution in [0.3, 0.4) is 0 Å². The number of nitrogens with zero attached hydrogens (tertiary/aromatic N) is 3. The first-order chi connectivity index (χ1) is 13.1. The molecule has 1 aliphatic rings. The van der Waals surface area contributed by atoms with Crippen molar-refractivity contribution in [2.24, 2.45) is 0 Å². The van der Waals surface area contributed by atoms with Crippen molar-refractivity contribution in [1.29, 1.82) is 0 Å². The first-order valence-corrected chi connectivity index (χ1v) is 9.02. The molecule has 1 fully saturated rings. The second kappa shape index (κ2) is 9.38. The minimum Gasteiger partial charge on any atom is -0.379 e. The van der Waals surface area contributed by atoms with Crippen LogP contribution in [0.15, 0.2) is 30.3 Å². The first-order valence-electron chi connectivity index (χ1n) is 9.02. The number of carbonyl (C=O) groups excluding carboxylic acids is 1. The Morgan fingerprint density at radius 2 is 1.96 bits per heavy atom. The van der Waals surface area contributed by atoms with Crippen LogP contribution in [0.4, 0.5) is 10.2 Å². The zero-order valence-electron chi connectivity index (χ0n) is 15.4. The molecule has 2 N–H and O–H groups in total. The molecule has 8 heteroatoms. The van der Waals surface area contributed by atoms with Crippen molar-refractivity contribution in [2.45, 2.75) is 13.5 Å². The Balaban J connectivity index is 1.53. The van der Waals surface area contributed by atoms with Crippen LogP contribution in [-0.4, -0.2) is 60.2 Å². The van der Waals surface area contributed by atoms with Gasteiger partial charge in [0.1, 0.15) is 23.2 Å². The summed E-state index contributed by atoms with van der Waals surface area (Å²) in [4.78, 5) is 23.2. The van der Waals surface area contributed by atoms with Gasteiger partial charge in [-0.2, -0.15) is 0 Å². The molecular formula is C19H24FN5O2. The second-order valence-electron chi connectivity index (χ2n) is 6.38. The number of ether oxygens (including phenoxy) is 1. The van der Waals surface area contributed by atoms with E-state index in [-0.39, 0.29) is 11.7 Å². The topological polar surface area (TPSA) is 79.4 Å². The summed E-state index contributed by atoms with van der Waals surface area (Å²) in [6.07, 6.45) is 0. The first kappa shape index (κ1) is 19.2. The van der Waals surface area contributed by atoms with E-state index in [2.05, 4.69) is 25.5 Å². The highest BCUT2D eigenvalue weighted by Crippen LogP contribution is 2.10. The van der Waals surface area contributed by atoms with E-state index in [0.29, 0.717) is 30.4 Å². The fourth-order valence-corrected chi connectivity index (χ4v) is 2.81. The lowest BCUT2D eigenvalue weighted by molar-refractivity contribution is 0.0383. The van der Waals surface area contributed by atoms with Crippen LogP contribution in [0.5, 0.6) is 0 Å². The molecule has 1 aliphatic heterocycles. The van der Waals surface area contributed by atoms with E-state index in [0.717, 1.165) is 38.4 Å². The van der Waals surface area contributed by atoms with E-state index in [1.807, 2.05) is 0 Å². The molecule has 144 valence electrons. The van der Waals surface area contributed by atoms with Gasteiger partial charge >= 0.3 is 0 Å². The van der Waals surface area contributed by atoms with Gasteiger partial charge in [0.25, 0.3) is 5.91 Å². The van der Waals surface area contributed by atoms with E-state index in [4.69, 9.17) is 4.74 Å². The summed E-state index contributed by atoms with van der Waals surface area (Å²) >= 11 is 0. The van der Waals surface area contributed by atoms with Crippen molar-refractivity contribution in [2.75, 3.05) is 44.7 Å².